The topological polar surface area (TPSA) is 65.7 Å². The molecule has 0 N–H and O–H groups in total. The van der Waals surface area contributed by atoms with Crippen LogP contribution in [0.3, 0.4) is 0 Å². The second kappa shape index (κ2) is 8.30. The van der Waals surface area contributed by atoms with E-state index >= 15 is 0 Å². The van der Waals surface area contributed by atoms with Crippen LogP contribution in [-0.2, 0) is 4.79 Å². The van der Waals surface area contributed by atoms with Crippen LogP contribution in [0, 0.1) is 12.7 Å². The van der Waals surface area contributed by atoms with E-state index in [1.165, 1.54) is 12.1 Å². The van der Waals surface area contributed by atoms with Crippen molar-refractivity contribution in [3.8, 4) is 22.6 Å². The SMILES string of the molecule is Cc1cc(OCC(=O)Oc2cc(-c3ccc(F)cc3)c3oc(=O)sc3c2)ccc1Cl. The Balaban J connectivity index is 1.57. The molecule has 5 nitrogen and oxygen atoms in total. The molecule has 0 fully saturated rings. The van der Waals surface area contributed by atoms with E-state index in [1.54, 1.807) is 42.5 Å². The first-order chi connectivity index (χ1) is 14.4. The van der Waals surface area contributed by atoms with E-state index in [4.69, 9.17) is 25.5 Å². The molecule has 0 amide bonds. The monoisotopic (exact) mass is 444 g/mol. The summed E-state index contributed by atoms with van der Waals surface area (Å²) in [5.41, 5.74) is 2.31. The van der Waals surface area contributed by atoms with E-state index in [9.17, 15) is 14.0 Å². The summed E-state index contributed by atoms with van der Waals surface area (Å²) in [6, 6.07) is 13.9. The van der Waals surface area contributed by atoms with E-state index in [1.807, 2.05) is 6.92 Å². The summed E-state index contributed by atoms with van der Waals surface area (Å²) in [5, 5.41) is 0.602. The largest absolute Gasteiger partial charge is 0.482 e. The Bertz CT molecular complexity index is 1290. The number of fused-ring (bicyclic) bond motifs is 1. The van der Waals surface area contributed by atoms with Crippen molar-refractivity contribution < 1.29 is 23.1 Å². The number of benzene rings is 3. The van der Waals surface area contributed by atoms with Gasteiger partial charge in [0.25, 0.3) is 0 Å². The van der Waals surface area contributed by atoms with Crippen LogP contribution in [0.5, 0.6) is 11.5 Å². The molecule has 0 saturated heterocycles. The summed E-state index contributed by atoms with van der Waals surface area (Å²) >= 11 is 6.86. The van der Waals surface area contributed by atoms with Gasteiger partial charge in [0.05, 0.1) is 4.70 Å². The molecular weight excluding hydrogens is 431 g/mol. The predicted octanol–water partition coefficient (Wildman–Crippen LogP) is 5.61. The van der Waals surface area contributed by atoms with Gasteiger partial charge in [0.15, 0.2) is 12.2 Å². The molecule has 152 valence electrons. The number of carbonyl (C=O) groups excluding carboxylic acids is 1. The van der Waals surface area contributed by atoms with Crippen molar-refractivity contribution in [3.05, 3.63) is 80.7 Å². The number of esters is 1. The fraction of sp³-hybridized carbons (Fsp3) is 0.0909. The van der Waals surface area contributed by atoms with E-state index in [-0.39, 0.29) is 18.2 Å². The Morgan fingerprint density at radius 2 is 1.87 bits per heavy atom. The number of halogens is 2. The minimum absolute atomic E-state index is 0.222. The molecule has 0 bridgehead atoms. The summed E-state index contributed by atoms with van der Waals surface area (Å²) < 4.78 is 29.9. The molecule has 0 aliphatic rings. The maximum Gasteiger partial charge on any atom is 0.396 e. The van der Waals surface area contributed by atoms with E-state index in [2.05, 4.69) is 0 Å². The quantitative estimate of drug-likeness (QED) is 0.296. The van der Waals surface area contributed by atoms with Crippen LogP contribution in [0.4, 0.5) is 4.39 Å². The molecule has 0 saturated carbocycles. The minimum Gasteiger partial charge on any atom is -0.482 e. The molecule has 3 aromatic carbocycles. The molecule has 1 aromatic heterocycles. The molecule has 4 aromatic rings. The van der Waals surface area contributed by atoms with Gasteiger partial charge in [0.2, 0.25) is 0 Å². The highest BCUT2D eigenvalue weighted by molar-refractivity contribution is 7.16. The maximum atomic E-state index is 13.3. The molecule has 8 heteroatoms. The lowest BCUT2D eigenvalue weighted by molar-refractivity contribution is -0.136. The number of rotatable bonds is 5. The average molecular weight is 445 g/mol. The van der Waals surface area contributed by atoms with Gasteiger partial charge in [0.1, 0.15) is 17.3 Å². The van der Waals surface area contributed by atoms with Crippen molar-refractivity contribution in [2.24, 2.45) is 0 Å². The molecule has 0 spiro atoms. The Morgan fingerprint density at radius 1 is 1.10 bits per heavy atom. The van der Waals surface area contributed by atoms with E-state index in [0.717, 1.165) is 16.9 Å². The van der Waals surface area contributed by atoms with Crippen LogP contribution < -0.4 is 14.4 Å². The molecule has 1 heterocycles. The third-order valence-corrected chi connectivity index (χ3v) is 5.48. The van der Waals surface area contributed by atoms with Crippen molar-refractivity contribution in [1.29, 1.82) is 0 Å². The normalized spacial score (nSPS) is 10.9. The Hall–Kier alpha value is -3.16. The van der Waals surface area contributed by atoms with Gasteiger partial charge in [-0.25, -0.2) is 14.0 Å². The zero-order chi connectivity index (χ0) is 21.3. The summed E-state index contributed by atoms with van der Waals surface area (Å²) in [4.78, 5) is 23.5. The second-order valence-corrected chi connectivity index (χ2v) is 7.82. The van der Waals surface area contributed by atoms with E-state index < -0.39 is 10.9 Å². The van der Waals surface area contributed by atoms with Crippen LogP contribution in [0.15, 0.2) is 63.8 Å². The van der Waals surface area contributed by atoms with Crippen molar-refractivity contribution >= 4 is 39.2 Å². The van der Waals surface area contributed by atoms with Gasteiger partial charge in [0, 0.05) is 16.7 Å². The fourth-order valence-corrected chi connectivity index (χ4v) is 3.71. The first-order valence-electron chi connectivity index (χ1n) is 8.82. The van der Waals surface area contributed by atoms with Crippen LogP contribution in [-0.4, -0.2) is 12.6 Å². The summed E-state index contributed by atoms with van der Waals surface area (Å²) in [6.45, 7) is 1.52. The molecule has 4 rings (SSSR count). The predicted molar refractivity (Wildman–Crippen MR) is 113 cm³/mol. The molecular formula is C22H14ClFO5S. The zero-order valence-electron chi connectivity index (χ0n) is 15.6. The second-order valence-electron chi connectivity index (χ2n) is 6.43. The third kappa shape index (κ3) is 4.37. The lowest BCUT2D eigenvalue weighted by atomic mass is 10.0. The van der Waals surface area contributed by atoms with E-state index in [0.29, 0.717) is 32.2 Å². The highest BCUT2D eigenvalue weighted by Gasteiger charge is 2.15. The van der Waals surface area contributed by atoms with Gasteiger partial charge in [-0.3, -0.25) is 0 Å². The van der Waals surface area contributed by atoms with Crippen molar-refractivity contribution in [2.45, 2.75) is 6.92 Å². The molecule has 0 atom stereocenters. The molecule has 0 aliphatic heterocycles. The van der Waals surface area contributed by atoms with Crippen molar-refractivity contribution in [2.75, 3.05) is 6.61 Å². The van der Waals surface area contributed by atoms with Crippen LogP contribution in [0.1, 0.15) is 5.56 Å². The lowest BCUT2D eigenvalue weighted by Gasteiger charge is -2.09. The smallest absolute Gasteiger partial charge is 0.396 e. The maximum absolute atomic E-state index is 13.3. The molecule has 0 aliphatic carbocycles. The first kappa shape index (κ1) is 20.1. The van der Waals surface area contributed by atoms with Gasteiger partial charge < -0.3 is 13.9 Å². The van der Waals surface area contributed by atoms with Crippen LogP contribution in [0.2, 0.25) is 5.02 Å². The van der Waals surface area contributed by atoms with Gasteiger partial charge in [-0.15, -0.1) is 0 Å². The van der Waals surface area contributed by atoms with Crippen molar-refractivity contribution in [3.63, 3.8) is 0 Å². The number of carbonyl (C=O) groups is 1. The minimum atomic E-state index is -0.622. The Morgan fingerprint density at radius 3 is 2.60 bits per heavy atom. The van der Waals surface area contributed by atoms with Crippen LogP contribution in [0.25, 0.3) is 21.4 Å². The zero-order valence-corrected chi connectivity index (χ0v) is 17.2. The van der Waals surface area contributed by atoms with Crippen molar-refractivity contribution in [1.82, 2.24) is 0 Å². The first-order valence-corrected chi connectivity index (χ1v) is 10.0. The van der Waals surface area contributed by atoms with Gasteiger partial charge in [-0.05, 0) is 54.4 Å². The molecule has 0 unspecified atom stereocenters. The lowest BCUT2D eigenvalue weighted by Crippen LogP contribution is -2.17. The summed E-state index contributed by atoms with van der Waals surface area (Å²) in [6.07, 6.45) is 0. The molecule has 30 heavy (non-hydrogen) atoms. The third-order valence-electron chi connectivity index (χ3n) is 4.28. The highest BCUT2D eigenvalue weighted by Crippen LogP contribution is 2.34. The number of hydrogen-bond acceptors (Lipinski definition) is 6. The van der Waals surface area contributed by atoms with Gasteiger partial charge in [-0.2, -0.15) is 0 Å². The Kier molecular flexibility index (Phi) is 5.57. The van der Waals surface area contributed by atoms with Gasteiger partial charge in [-0.1, -0.05) is 35.1 Å². The Labute approximate surface area is 179 Å². The molecule has 0 radical (unpaired) electrons. The standard InChI is InChI=1S/C22H14ClFO5S/c1-12-8-15(6-7-18(12)23)27-11-20(25)28-16-9-17(13-2-4-14(24)5-3-13)21-19(10-16)30-22(26)29-21/h2-10H,11H2,1H3. The van der Waals surface area contributed by atoms with Crippen LogP contribution >= 0.6 is 22.9 Å². The van der Waals surface area contributed by atoms with Gasteiger partial charge >= 0.3 is 10.9 Å². The summed E-state index contributed by atoms with van der Waals surface area (Å²) in [5.74, 6) is -0.300. The summed E-state index contributed by atoms with van der Waals surface area (Å²) in [7, 11) is 0. The fourth-order valence-electron chi connectivity index (χ4n) is 2.86. The number of hydrogen-bond donors (Lipinski definition) is 0. The number of ether oxygens (including phenoxy) is 2. The average Bonchev–Trinajstić information content (AvgIpc) is 3.09. The highest BCUT2D eigenvalue weighted by atomic mass is 35.5. The number of aryl methyl sites for hydroxylation is 1.